The Bertz CT molecular complexity index is 1270. The molecule has 0 aliphatic heterocycles. The number of non-ortho nitro benzene ring substituents is 1. The highest BCUT2D eigenvalue weighted by Crippen LogP contribution is 2.23. The Morgan fingerprint density at radius 1 is 0.875 bits per heavy atom. The predicted molar refractivity (Wildman–Crippen MR) is 126 cm³/mol. The highest BCUT2D eigenvalue weighted by Gasteiger charge is 2.09. The van der Waals surface area contributed by atoms with Crippen molar-refractivity contribution in [2.24, 2.45) is 0 Å². The molecule has 0 heterocycles. The molecular formula is C26H23N3O3. The average Bonchev–Trinajstić information content (AvgIpc) is 2.82. The Labute approximate surface area is 186 Å². The van der Waals surface area contributed by atoms with Crippen LogP contribution >= 0.6 is 0 Å². The SMILES string of the molecule is CNCc1ccc2c(CNC(=O)c3ccc(-c4ccc([N+](=O)[O-])cc4)cc3)cccc2c1. The monoisotopic (exact) mass is 425 g/mol. The van der Waals surface area contributed by atoms with Crippen molar-refractivity contribution in [1.82, 2.24) is 10.6 Å². The van der Waals surface area contributed by atoms with Crippen molar-refractivity contribution in [3.8, 4) is 11.1 Å². The third-order valence-electron chi connectivity index (χ3n) is 5.41. The van der Waals surface area contributed by atoms with E-state index in [4.69, 9.17) is 0 Å². The molecule has 4 rings (SSSR count). The van der Waals surface area contributed by atoms with Crippen LogP contribution in [-0.2, 0) is 13.1 Å². The molecule has 32 heavy (non-hydrogen) atoms. The number of nitrogens with one attached hydrogen (secondary N) is 2. The second kappa shape index (κ2) is 9.41. The number of rotatable bonds is 7. The summed E-state index contributed by atoms with van der Waals surface area (Å²) in [5, 5.41) is 19.2. The van der Waals surface area contributed by atoms with Crippen LogP contribution < -0.4 is 10.6 Å². The first-order chi connectivity index (χ1) is 15.5. The summed E-state index contributed by atoms with van der Waals surface area (Å²) in [5.41, 5.74) is 4.64. The van der Waals surface area contributed by atoms with E-state index in [1.165, 1.54) is 17.7 Å². The lowest BCUT2D eigenvalue weighted by molar-refractivity contribution is -0.384. The van der Waals surface area contributed by atoms with Crippen molar-refractivity contribution in [3.63, 3.8) is 0 Å². The van der Waals surface area contributed by atoms with Crippen molar-refractivity contribution in [2.75, 3.05) is 7.05 Å². The second-order valence-corrected chi connectivity index (χ2v) is 7.57. The zero-order chi connectivity index (χ0) is 22.5. The number of amides is 1. The summed E-state index contributed by atoms with van der Waals surface area (Å²) in [5.74, 6) is -0.149. The smallest absolute Gasteiger partial charge is 0.269 e. The topological polar surface area (TPSA) is 84.3 Å². The quantitative estimate of drug-likeness (QED) is 0.320. The minimum atomic E-state index is -0.422. The molecule has 160 valence electrons. The van der Waals surface area contributed by atoms with E-state index in [2.05, 4.69) is 34.9 Å². The van der Waals surface area contributed by atoms with Crippen molar-refractivity contribution in [3.05, 3.63) is 112 Å². The maximum absolute atomic E-state index is 12.7. The molecule has 0 spiro atoms. The number of hydrogen-bond acceptors (Lipinski definition) is 4. The molecule has 0 aromatic heterocycles. The van der Waals surface area contributed by atoms with Gasteiger partial charge in [0.05, 0.1) is 4.92 Å². The number of benzene rings is 4. The van der Waals surface area contributed by atoms with Crippen LogP contribution in [0.1, 0.15) is 21.5 Å². The minimum absolute atomic E-state index is 0.0523. The Morgan fingerprint density at radius 3 is 2.22 bits per heavy atom. The van der Waals surface area contributed by atoms with Gasteiger partial charge in [-0.15, -0.1) is 0 Å². The lowest BCUT2D eigenvalue weighted by atomic mass is 10.0. The van der Waals surface area contributed by atoms with E-state index in [9.17, 15) is 14.9 Å². The van der Waals surface area contributed by atoms with Crippen LogP contribution in [0.5, 0.6) is 0 Å². The van der Waals surface area contributed by atoms with Crippen LogP contribution in [0, 0.1) is 10.1 Å². The van der Waals surface area contributed by atoms with Crippen molar-refractivity contribution < 1.29 is 9.72 Å². The highest BCUT2D eigenvalue weighted by atomic mass is 16.6. The van der Waals surface area contributed by atoms with Crippen LogP contribution in [0.25, 0.3) is 21.9 Å². The van der Waals surface area contributed by atoms with Crippen LogP contribution in [0.2, 0.25) is 0 Å². The number of nitrogens with zero attached hydrogens (tertiary/aromatic N) is 1. The van der Waals surface area contributed by atoms with E-state index in [0.717, 1.165) is 34.0 Å². The van der Waals surface area contributed by atoms with E-state index in [0.29, 0.717) is 12.1 Å². The second-order valence-electron chi connectivity index (χ2n) is 7.57. The Morgan fingerprint density at radius 2 is 1.56 bits per heavy atom. The van der Waals surface area contributed by atoms with E-state index < -0.39 is 4.92 Å². The largest absolute Gasteiger partial charge is 0.348 e. The predicted octanol–water partition coefficient (Wildman–Crippen LogP) is 5.06. The van der Waals surface area contributed by atoms with Gasteiger partial charge in [0.2, 0.25) is 0 Å². The number of carbonyl (C=O) groups excluding carboxylic acids is 1. The van der Waals surface area contributed by atoms with Crippen molar-refractivity contribution in [2.45, 2.75) is 13.1 Å². The first-order valence-electron chi connectivity index (χ1n) is 10.3. The summed E-state index contributed by atoms with van der Waals surface area (Å²) in [6.45, 7) is 1.25. The number of carbonyl (C=O) groups is 1. The molecule has 4 aromatic rings. The van der Waals surface area contributed by atoms with Gasteiger partial charge in [-0.25, -0.2) is 0 Å². The molecule has 0 aliphatic carbocycles. The Hall–Kier alpha value is -4.03. The number of hydrogen-bond donors (Lipinski definition) is 2. The van der Waals surface area contributed by atoms with Gasteiger partial charge >= 0.3 is 0 Å². The fourth-order valence-electron chi connectivity index (χ4n) is 3.74. The summed E-state index contributed by atoms with van der Waals surface area (Å²) in [6, 6.07) is 26.0. The summed E-state index contributed by atoms with van der Waals surface area (Å²) in [7, 11) is 1.93. The lowest BCUT2D eigenvalue weighted by Crippen LogP contribution is -2.22. The van der Waals surface area contributed by atoms with E-state index in [1.54, 1.807) is 24.3 Å². The van der Waals surface area contributed by atoms with Crippen LogP contribution in [0.4, 0.5) is 5.69 Å². The van der Waals surface area contributed by atoms with Gasteiger partial charge in [-0.05, 0) is 70.4 Å². The fraction of sp³-hybridized carbons (Fsp3) is 0.115. The molecular weight excluding hydrogens is 402 g/mol. The molecule has 0 radical (unpaired) electrons. The van der Waals surface area contributed by atoms with E-state index in [1.807, 2.05) is 31.3 Å². The summed E-state index contributed by atoms with van der Waals surface area (Å²) < 4.78 is 0. The van der Waals surface area contributed by atoms with E-state index >= 15 is 0 Å². The molecule has 0 saturated carbocycles. The van der Waals surface area contributed by atoms with Gasteiger partial charge in [-0.1, -0.05) is 42.5 Å². The maximum Gasteiger partial charge on any atom is 0.269 e. The first-order valence-corrected chi connectivity index (χ1v) is 10.3. The third-order valence-corrected chi connectivity index (χ3v) is 5.41. The van der Waals surface area contributed by atoms with Crippen molar-refractivity contribution >= 4 is 22.4 Å². The molecule has 0 fully saturated rings. The highest BCUT2D eigenvalue weighted by molar-refractivity contribution is 5.95. The Balaban J connectivity index is 1.45. The summed E-state index contributed by atoms with van der Waals surface area (Å²) in [6.07, 6.45) is 0. The molecule has 6 nitrogen and oxygen atoms in total. The van der Waals surface area contributed by atoms with Crippen LogP contribution in [0.15, 0.2) is 84.9 Å². The van der Waals surface area contributed by atoms with Crippen molar-refractivity contribution in [1.29, 1.82) is 0 Å². The molecule has 0 atom stereocenters. The fourth-order valence-corrected chi connectivity index (χ4v) is 3.74. The molecule has 4 aromatic carbocycles. The van der Waals surface area contributed by atoms with Gasteiger partial charge in [0.1, 0.15) is 0 Å². The summed E-state index contributed by atoms with van der Waals surface area (Å²) in [4.78, 5) is 23.0. The Kier molecular flexibility index (Phi) is 6.24. The normalized spacial score (nSPS) is 10.8. The van der Waals surface area contributed by atoms with E-state index in [-0.39, 0.29) is 11.6 Å². The van der Waals surface area contributed by atoms with Gasteiger partial charge in [0.15, 0.2) is 0 Å². The molecule has 0 bridgehead atoms. The first kappa shape index (κ1) is 21.2. The number of fused-ring (bicyclic) bond motifs is 1. The number of nitro benzene ring substituents is 1. The molecule has 2 N–H and O–H groups in total. The summed E-state index contributed by atoms with van der Waals surface area (Å²) >= 11 is 0. The molecule has 0 unspecified atom stereocenters. The molecule has 6 heteroatoms. The minimum Gasteiger partial charge on any atom is -0.348 e. The van der Waals surface area contributed by atoms with Crippen LogP contribution in [-0.4, -0.2) is 17.9 Å². The van der Waals surface area contributed by atoms with Gasteiger partial charge in [-0.3, -0.25) is 14.9 Å². The molecule has 0 aliphatic rings. The third kappa shape index (κ3) is 4.66. The maximum atomic E-state index is 12.7. The average molecular weight is 425 g/mol. The van der Waals surface area contributed by atoms with Gasteiger partial charge in [-0.2, -0.15) is 0 Å². The zero-order valence-electron chi connectivity index (χ0n) is 17.7. The zero-order valence-corrected chi connectivity index (χ0v) is 17.7. The van der Waals surface area contributed by atoms with Gasteiger partial charge < -0.3 is 10.6 Å². The van der Waals surface area contributed by atoms with Gasteiger partial charge in [0, 0.05) is 30.8 Å². The van der Waals surface area contributed by atoms with Gasteiger partial charge in [0.25, 0.3) is 11.6 Å². The van der Waals surface area contributed by atoms with Crippen LogP contribution in [0.3, 0.4) is 0 Å². The standard InChI is InChI=1S/C26H23N3O3/c1-27-16-18-5-14-25-22(15-18)3-2-4-23(25)17-28-26(30)21-8-6-19(7-9-21)20-10-12-24(13-11-20)29(31)32/h2-15,27H,16-17H2,1H3,(H,28,30). The lowest BCUT2D eigenvalue weighted by Gasteiger charge is -2.10. The number of nitro groups is 1. The molecule has 0 saturated heterocycles. The molecule has 1 amide bonds.